The summed E-state index contributed by atoms with van der Waals surface area (Å²) >= 11 is 5.66. The Morgan fingerprint density at radius 3 is 2.50 bits per heavy atom. The van der Waals surface area contributed by atoms with Crippen LogP contribution < -0.4 is 0 Å². The van der Waals surface area contributed by atoms with Crippen LogP contribution >= 0.6 is 11.6 Å². The van der Waals surface area contributed by atoms with Crippen molar-refractivity contribution >= 4 is 17.5 Å². The Bertz CT molecular complexity index is 462. The fourth-order valence-electron chi connectivity index (χ4n) is 2.27. The lowest BCUT2D eigenvalue weighted by atomic mass is 9.76. The summed E-state index contributed by atoms with van der Waals surface area (Å²) in [5.74, 6) is -0.238. The van der Waals surface area contributed by atoms with Gasteiger partial charge in [-0.15, -0.1) is 11.6 Å². The molecule has 0 atom stereocenters. The lowest BCUT2D eigenvalue weighted by Crippen LogP contribution is -2.55. The van der Waals surface area contributed by atoms with E-state index in [0.29, 0.717) is 6.54 Å². The molecule has 0 radical (unpaired) electrons. The van der Waals surface area contributed by atoms with E-state index in [9.17, 15) is 10.1 Å². The van der Waals surface area contributed by atoms with E-state index in [1.807, 2.05) is 30.3 Å². The Kier molecular flexibility index (Phi) is 3.88. The third-order valence-electron chi connectivity index (χ3n) is 3.50. The summed E-state index contributed by atoms with van der Waals surface area (Å²) in [4.78, 5) is 13.6. The third kappa shape index (κ3) is 2.34. The molecule has 3 nitrogen and oxygen atoms in total. The molecule has 0 heterocycles. The van der Waals surface area contributed by atoms with Crippen LogP contribution in [0.4, 0.5) is 0 Å². The maximum atomic E-state index is 12.0. The predicted octanol–water partition coefficient (Wildman–Crippen LogP) is 2.70. The first-order chi connectivity index (χ1) is 8.72. The summed E-state index contributed by atoms with van der Waals surface area (Å²) in [6.45, 7) is 0.458. The Hall–Kier alpha value is -1.53. The summed E-state index contributed by atoms with van der Waals surface area (Å²) in [7, 11) is 0. The Morgan fingerprint density at radius 1 is 1.39 bits per heavy atom. The first-order valence-electron chi connectivity index (χ1n) is 6.03. The second-order valence-electron chi connectivity index (χ2n) is 4.60. The summed E-state index contributed by atoms with van der Waals surface area (Å²) in [5.41, 5.74) is 0.388. The zero-order valence-corrected chi connectivity index (χ0v) is 10.9. The van der Waals surface area contributed by atoms with Crippen molar-refractivity contribution in [3.05, 3.63) is 35.9 Å². The minimum Gasteiger partial charge on any atom is -0.319 e. The van der Waals surface area contributed by atoms with E-state index < -0.39 is 5.54 Å². The number of carbonyl (C=O) groups excluding carboxylic acids is 1. The first kappa shape index (κ1) is 12.9. The number of alkyl halides is 1. The minimum absolute atomic E-state index is 0.0732. The van der Waals surface area contributed by atoms with Crippen LogP contribution in [-0.4, -0.2) is 22.2 Å². The summed E-state index contributed by atoms with van der Waals surface area (Å²) < 4.78 is 0. The van der Waals surface area contributed by atoms with Crippen LogP contribution in [0.3, 0.4) is 0 Å². The van der Waals surface area contributed by atoms with Gasteiger partial charge >= 0.3 is 0 Å². The molecular formula is C14H15ClN2O. The predicted molar refractivity (Wildman–Crippen MR) is 69.9 cm³/mol. The smallest absolute Gasteiger partial charge is 0.239 e. The number of nitrogens with zero attached hydrogens (tertiary/aromatic N) is 2. The summed E-state index contributed by atoms with van der Waals surface area (Å²) in [6, 6.07) is 12.0. The Balaban J connectivity index is 2.22. The lowest BCUT2D eigenvalue weighted by molar-refractivity contribution is -0.136. The van der Waals surface area contributed by atoms with Crippen LogP contribution in [0.25, 0.3) is 0 Å². The van der Waals surface area contributed by atoms with Crippen molar-refractivity contribution in [3.8, 4) is 6.07 Å². The van der Waals surface area contributed by atoms with Crippen LogP contribution in [0.5, 0.6) is 0 Å². The van der Waals surface area contributed by atoms with E-state index >= 15 is 0 Å². The molecule has 0 aromatic heterocycles. The van der Waals surface area contributed by atoms with Gasteiger partial charge in [-0.3, -0.25) is 4.79 Å². The largest absolute Gasteiger partial charge is 0.319 e. The molecule has 0 unspecified atom stereocenters. The number of hydrogen-bond acceptors (Lipinski definition) is 2. The maximum absolute atomic E-state index is 12.0. The van der Waals surface area contributed by atoms with E-state index in [1.54, 1.807) is 4.90 Å². The van der Waals surface area contributed by atoms with Gasteiger partial charge in [0.15, 0.2) is 0 Å². The molecular weight excluding hydrogens is 248 g/mol. The van der Waals surface area contributed by atoms with Crippen LogP contribution in [0.2, 0.25) is 0 Å². The molecule has 0 N–H and O–H groups in total. The number of carbonyl (C=O) groups is 1. The second kappa shape index (κ2) is 5.41. The molecule has 18 heavy (non-hydrogen) atoms. The highest BCUT2D eigenvalue weighted by Gasteiger charge is 2.44. The van der Waals surface area contributed by atoms with Gasteiger partial charge in [0.1, 0.15) is 11.4 Å². The third-order valence-corrected chi connectivity index (χ3v) is 3.73. The molecule has 0 aliphatic heterocycles. The molecule has 94 valence electrons. The summed E-state index contributed by atoms with van der Waals surface area (Å²) in [5, 5.41) is 9.34. The molecule has 1 amide bonds. The first-order valence-corrected chi connectivity index (χ1v) is 6.57. The normalized spacial score (nSPS) is 16.4. The zero-order valence-electron chi connectivity index (χ0n) is 10.1. The standard InChI is InChI=1S/C14H15ClN2O/c15-9-13(18)17(14(11-16)7-4-8-14)10-12-5-2-1-3-6-12/h1-3,5-6H,4,7-10H2. The van der Waals surface area contributed by atoms with Crippen molar-refractivity contribution in [2.45, 2.75) is 31.3 Å². The number of benzene rings is 1. The molecule has 1 aromatic carbocycles. The highest BCUT2D eigenvalue weighted by Crippen LogP contribution is 2.38. The van der Waals surface area contributed by atoms with Gasteiger partial charge < -0.3 is 4.90 Å². The van der Waals surface area contributed by atoms with E-state index in [2.05, 4.69) is 6.07 Å². The van der Waals surface area contributed by atoms with Gasteiger partial charge in [0.25, 0.3) is 0 Å². The van der Waals surface area contributed by atoms with Gasteiger partial charge in [0, 0.05) is 6.54 Å². The van der Waals surface area contributed by atoms with Crippen LogP contribution in [0, 0.1) is 11.3 Å². The Morgan fingerprint density at radius 2 is 2.06 bits per heavy atom. The molecule has 1 aliphatic carbocycles. The maximum Gasteiger partial charge on any atom is 0.239 e. The average Bonchev–Trinajstić information content (AvgIpc) is 2.37. The van der Waals surface area contributed by atoms with Gasteiger partial charge in [0.2, 0.25) is 5.91 Å². The minimum atomic E-state index is -0.637. The summed E-state index contributed by atoms with van der Waals surface area (Å²) in [6.07, 6.45) is 2.49. The molecule has 1 fully saturated rings. The SMILES string of the molecule is N#CC1(N(Cc2ccccc2)C(=O)CCl)CCC1. The molecule has 1 saturated carbocycles. The highest BCUT2D eigenvalue weighted by atomic mass is 35.5. The second-order valence-corrected chi connectivity index (χ2v) is 4.86. The fraction of sp³-hybridized carbons (Fsp3) is 0.429. The molecule has 0 bridgehead atoms. The van der Waals surface area contributed by atoms with Crippen LogP contribution in [0.15, 0.2) is 30.3 Å². The number of halogens is 1. The van der Waals surface area contributed by atoms with Gasteiger partial charge in [-0.1, -0.05) is 30.3 Å². The van der Waals surface area contributed by atoms with E-state index in [1.165, 1.54) is 0 Å². The lowest BCUT2D eigenvalue weighted by Gasteiger charge is -2.44. The topological polar surface area (TPSA) is 44.1 Å². The molecule has 0 saturated heterocycles. The molecule has 4 heteroatoms. The monoisotopic (exact) mass is 262 g/mol. The van der Waals surface area contributed by atoms with Gasteiger partial charge in [-0.25, -0.2) is 0 Å². The van der Waals surface area contributed by atoms with Crippen LogP contribution in [0.1, 0.15) is 24.8 Å². The zero-order chi connectivity index (χ0) is 13.0. The van der Waals surface area contributed by atoms with E-state index in [-0.39, 0.29) is 11.8 Å². The fourth-order valence-corrected chi connectivity index (χ4v) is 2.41. The van der Waals surface area contributed by atoms with Gasteiger partial charge in [-0.05, 0) is 24.8 Å². The quantitative estimate of drug-likeness (QED) is 0.783. The molecule has 1 aliphatic rings. The molecule has 2 rings (SSSR count). The van der Waals surface area contributed by atoms with Gasteiger partial charge in [0.05, 0.1) is 6.07 Å². The number of hydrogen-bond donors (Lipinski definition) is 0. The molecule has 0 spiro atoms. The Labute approximate surface area is 112 Å². The van der Waals surface area contributed by atoms with Crippen molar-refractivity contribution in [1.29, 1.82) is 5.26 Å². The van der Waals surface area contributed by atoms with Crippen molar-refractivity contribution in [2.24, 2.45) is 0 Å². The van der Waals surface area contributed by atoms with Crippen LogP contribution in [-0.2, 0) is 11.3 Å². The molecule has 1 aromatic rings. The van der Waals surface area contributed by atoms with Crippen molar-refractivity contribution < 1.29 is 4.79 Å². The number of rotatable bonds is 4. The van der Waals surface area contributed by atoms with Gasteiger partial charge in [-0.2, -0.15) is 5.26 Å². The number of amides is 1. The van der Waals surface area contributed by atoms with Crippen molar-refractivity contribution in [3.63, 3.8) is 0 Å². The highest BCUT2D eigenvalue weighted by molar-refractivity contribution is 6.27. The van der Waals surface area contributed by atoms with E-state index in [0.717, 1.165) is 24.8 Å². The van der Waals surface area contributed by atoms with Crippen molar-refractivity contribution in [1.82, 2.24) is 4.90 Å². The van der Waals surface area contributed by atoms with E-state index in [4.69, 9.17) is 11.6 Å². The number of nitriles is 1. The average molecular weight is 263 g/mol. The van der Waals surface area contributed by atoms with Crippen molar-refractivity contribution in [2.75, 3.05) is 5.88 Å².